The lowest BCUT2D eigenvalue weighted by Gasteiger charge is -2.51. The molecule has 0 saturated carbocycles. The fourth-order valence-electron chi connectivity index (χ4n) is 4.85. The van der Waals surface area contributed by atoms with E-state index in [2.05, 4.69) is 19.6 Å². The van der Waals surface area contributed by atoms with Crippen LogP contribution >= 0.6 is 23.2 Å². The van der Waals surface area contributed by atoms with Gasteiger partial charge >= 0.3 is 0 Å². The summed E-state index contributed by atoms with van der Waals surface area (Å²) in [6, 6.07) is 15.5. The molecule has 3 nitrogen and oxygen atoms in total. The zero-order valence-electron chi connectivity index (χ0n) is 18.9. The number of carbonyl (C=O) groups excluding carboxylic acids is 1. The second-order valence-corrected chi connectivity index (χ2v) is 9.54. The highest BCUT2D eigenvalue weighted by Gasteiger charge is 2.50. The average molecular weight is 472 g/mol. The number of hydrogen-bond acceptors (Lipinski definition) is 2. The smallest absolute Gasteiger partial charge is 0.229 e. The Balaban J connectivity index is 2.23. The van der Waals surface area contributed by atoms with E-state index in [1.165, 1.54) is 0 Å². The van der Waals surface area contributed by atoms with E-state index in [1.54, 1.807) is 13.4 Å². The van der Waals surface area contributed by atoms with Gasteiger partial charge in [-0.2, -0.15) is 0 Å². The second-order valence-electron chi connectivity index (χ2n) is 8.67. The van der Waals surface area contributed by atoms with Crippen LogP contribution in [0.25, 0.3) is 0 Å². The summed E-state index contributed by atoms with van der Waals surface area (Å²) in [5, 5.41) is 1.36. The number of rotatable bonds is 8. The topological polar surface area (TPSA) is 29.5 Å². The predicted molar refractivity (Wildman–Crippen MR) is 133 cm³/mol. The molecule has 32 heavy (non-hydrogen) atoms. The maximum absolute atomic E-state index is 14.0. The number of nitrogens with zero attached hydrogens (tertiary/aromatic N) is 1. The van der Waals surface area contributed by atoms with Gasteiger partial charge in [0.15, 0.2) is 0 Å². The third kappa shape index (κ3) is 5.05. The molecule has 5 heteroatoms. The van der Waals surface area contributed by atoms with Gasteiger partial charge in [-0.25, -0.2) is 0 Å². The number of ether oxygens (including phenoxy) is 1. The number of piperidine rings is 1. The molecular weight excluding hydrogens is 441 g/mol. The van der Waals surface area contributed by atoms with Crippen molar-refractivity contribution in [3.05, 3.63) is 94.7 Å². The van der Waals surface area contributed by atoms with Crippen molar-refractivity contribution >= 4 is 29.1 Å². The minimum Gasteiger partial charge on any atom is -0.505 e. The number of hydrogen-bond donors (Lipinski definition) is 0. The number of likely N-dealkylation sites (tertiary alicyclic amines) is 1. The summed E-state index contributed by atoms with van der Waals surface area (Å²) in [6.45, 7) is 8.07. The molecule has 3 rings (SSSR count). The Morgan fingerprint density at radius 2 is 1.91 bits per heavy atom. The fourth-order valence-corrected chi connectivity index (χ4v) is 5.17. The molecule has 0 aliphatic carbocycles. The molecule has 0 aromatic heterocycles. The summed E-state index contributed by atoms with van der Waals surface area (Å²) in [6.07, 6.45) is 7.55. The van der Waals surface area contributed by atoms with Gasteiger partial charge in [0, 0.05) is 16.0 Å². The van der Waals surface area contributed by atoms with Crippen molar-refractivity contribution in [1.29, 1.82) is 0 Å². The van der Waals surface area contributed by atoms with Crippen molar-refractivity contribution in [2.45, 2.75) is 51.1 Å². The molecule has 2 aromatic carbocycles. The van der Waals surface area contributed by atoms with Crippen molar-refractivity contribution in [2.75, 3.05) is 7.11 Å². The molecule has 1 aliphatic rings. The van der Waals surface area contributed by atoms with E-state index in [-0.39, 0.29) is 23.9 Å². The summed E-state index contributed by atoms with van der Waals surface area (Å²) in [4.78, 5) is 16.1. The lowest BCUT2D eigenvalue weighted by atomic mass is 9.67. The van der Waals surface area contributed by atoms with Gasteiger partial charge < -0.3 is 9.64 Å². The van der Waals surface area contributed by atoms with Gasteiger partial charge in [0.25, 0.3) is 0 Å². The Hall–Kier alpha value is -2.23. The number of benzene rings is 2. The molecule has 1 fully saturated rings. The van der Waals surface area contributed by atoms with Gasteiger partial charge in [-0.15, -0.1) is 6.58 Å². The van der Waals surface area contributed by atoms with Gasteiger partial charge in [0.2, 0.25) is 5.91 Å². The molecule has 1 amide bonds. The van der Waals surface area contributed by atoms with Crippen molar-refractivity contribution in [3.63, 3.8) is 0 Å². The highest BCUT2D eigenvalue weighted by atomic mass is 35.5. The normalized spacial score (nSPS) is 24.5. The van der Waals surface area contributed by atoms with Gasteiger partial charge in [-0.3, -0.25) is 4.79 Å². The molecule has 170 valence electrons. The Labute approximate surface area is 201 Å². The van der Waals surface area contributed by atoms with E-state index in [4.69, 9.17) is 27.9 Å². The monoisotopic (exact) mass is 471 g/mol. The summed E-state index contributed by atoms with van der Waals surface area (Å²) in [7, 11) is 1.62. The lowest BCUT2D eigenvalue weighted by Crippen LogP contribution is -2.55. The molecule has 1 saturated heterocycles. The van der Waals surface area contributed by atoms with E-state index in [9.17, 15) is 4.79 Å². The molecule has 0 radical (unpaired) electrons. The maximum Gasteiger partial charge on any atom is 0.229 e. The second kappa shape index (κ2) is 10.6. The highest BCUT2D eigenvalue weighted by Crippen LogP contribution is 2.52. The van der Waals surface area contributed by atoms with Crippen LogP contribution in [0, 0.1) is 5.41 Å². The lowest BCUT2D eigenvalue weighted by molar-refractivity contribution is -0.153. The minimum atomic E-state index is -0.564. The number of allylic oxidation sites excluding steroid dienone is 1. The van der Waals surface area contributed by atoms with E-state index in [1.807, 2.05) is 66.4 Å². The molecule has 4 atom stereocenters. The standard InChI is InChI=1S/C27H31Cl2NO2/c1-5-15-27(3)18-24(20-8-7-9-22(29)17-20)25(19-10-12-21(28)13-11-19)30(26(27)31)23(6-2)14-16-32-4/h5,7-14,16-17,23-25H,1,6,15,18H2,2-4H3/b16-14+/t23?,24?,25-,27+/m1/s1. The number of amides is 1. The number of carbonyl (C=O) groups is 1. The first-order valence-corrected chi connectivity index (χ1v) is 11.7. The predicted octanol–water partition coefficient (Wildman–Crippen LogP) is 7.57. The molecule has 1 heterocycles. The molecule has 2 aromatic rings. The van der Waals surface area contributed by atoms with Crippen LogP contribution in [0.5, 0.6) is 0 Å². The Bertz CT molecular complexity index is 972. The zero-order chi connectivity index (χ0) is 23.3. The van der Waals surface area contributed by atoms with Crippen LogP contribution in [0.1, 0.15) is 56.2 Å². The van der Waals surface area contributed by atoms with E-state index < -0.39 is 5.41 Å². The Morgan fingerprint density at radius 1 is 1.19 bits per heavy atom. The van der Waals surface area contributed by atoms with Crippen molar-refractivity contribution in [3.8, 4) is 0 Å². The first-order valence-electron chi connectivity index (χ1n) is 11.0. The van der Waals surface area contributed by atoms with Crippen molar-refractivity contribution < 1.29 is 9.53 Å². The van der Waals surface area contributed by atoms with Crippen LogP contribution in [0.2, 0.25) is 10.0 Å². The molecule has 0 N–H and O–H groups in total. The van der Waals surface area contributed by atoms with Crippen LogP contribution in [-0.4, -0.2) is 24.0 Å². The van der Waals surface area contributed by atoms with Crippen LogP contribution in [0.4, 0.5) is 0 Å². The van der Waals surface area contributed by atoms with Crippen molar-refractivity contribution in [2.24, 2.45) is 5.41 Å². The van der Waals surface area contributed by atoms with Crippen LogP contribution in [-0.2, 0) is 9.53 Å². The Kier molecular flexibility index (Phi) is 8.08. The molecule has 1 aliphatic heterocycles. The van der Waals surface area contributed by atoms with E-state index >= 15 is 0 Å². The molecule has 0 spiro atoms. The summed E-state index contributed by atoms with van der Waals surface area (Å²) < 4.78 is 5.21. The number of methoxy groups -OCH3 is 1. The van der Waals surface area contributed by atoms with Gasteiger partial charge in [-0.1, -0.05) is 67.4 Å². The molecule has 2 unspecified atom stereocenters. The van der Waals surface area contributed by atoms with Gasteiger partial charge in [-0.05, 0) is 60.7 Å². The zero-order valence-corrected chi connectivity index (χ0v) is 20.4. The largest absolute Gasteiger partial charge is 0.505 e. The van der Waals surface area contributed by atoms with E-state index in [0.717, 1.165) is 17.5 Å². The SMILES string of the molecule is C=CC[C@@]1(C)CC(c2cccc(Cl)c2)[C@@H](c2ccc(Cl)cc2)N(C(/C=C/OC)CC)C1=O. The average Bonchev–Trinajstić information content (AvgIpc) is 2.77. The third-order valence-electron chi connectivity index (χ3n) is 6.40. The van der Waals surface area contributed by atoms with Crippen LogP contribution < -0.4 is 0 Å². The Morgan fingerprint density at radius 3 is 2.50 bits per heavy atom. The van der Waals surface area contributed by atoms with E-state index in [0.29, 0.717) is 22.9 Å². The molecular formula is C27H31Cl2NO2. The van der Waals surface area contributed by atoms with Gasteiger partial charge in [0.05, 0.1) is 30.9 Å². The van der Waals surface area contributed by atoms with Gasteiger partial charge in [0.1, 0.15) is 0 Å². The summed E-state index contributed by atoms with van der Waals surface area (Å²) in [5.74, 6) is 0.186. The first-order chi connectivity index (χ1) is 15.3. The first kappa shape index (κ1) is 24.4. The third-order valence-corrected chi connectivity index (χ3v) is 6.88. The highest BCUT2D eigenvalue weighted by molar-refractivity contribution is 6.30. The molecule has 0 bridgehead atoms. The van der Waals surface area contributed by atoms with Crippen LogP contribution in [0.3, 0.4) is 0 Å². The minimum absolute atomic E-state index is 0.0579. The summed E-state index contributed by atoms with van der Waals surface area (Å²) in [5.41, 5.74) is 1.61. The van der Waals surface area contributed by atoms with Crippen LogP contribution in [0.15, 0.2) is 73.5 Å². The number of halogens is 2. The fraction of sp³-hybridized carbons (Fsp3) is 0.370. The maximum atomic E-state index is 14.0. The summed E-state index contributed by atoms with van der Waals surface area (Å²) >= 11 is 12.6. The quantitative estimate of drug-likeness (QED) is 0.293. The van der Waals surface area contributed by atoms with Crippen molar-refractivity contribution in [1.82, 2.24) is 4.90 Å².